The molecule has 0 aliphatic heterocycles. The fraction of sp³-hybridized carbons (Fsp3) is 0.214. The van der Waals surface area contributed by atoms with E-state index in [0.717, 1.165) is 22.5 Å². The van der Waals surface area contributed by atoms with Crippen molar-refractivity contribution < 1.29 is 0 Å². The molecule has 6 heteroatoms. The third-order valence-corrected chi connectivity index (χ3v) is 3.31. The Bertz CT molecular complexity index is 748. The topological polar surface area (TPSA) is 72.9 Å². The first-order valence-corrected chi connectivity index (χ1v) is 6.36. The highest BCUT2D eigenvalue weighted by molar-refractivity contribution is 5.81. The number of hydrogen-bond donors (Lipinski definition) is 1. The van der Waals surface area contributed by atoms with Crippen molar-refractivity contribution >= 4 is 22.5 Å². The molecule has 2 heterocycles. The minimum atomic E-state index is 0.334. The Labute approximate surface area is 116 Å². The molecule has 1 aromatic carbocycles. The highest BCUT2D eigenvalue weighted by Gasteiger charge is 2.08. The van der Waals surface area contributed by atoms with E-state index >= 15 is 0 Å². The summed E-state index contributed by atoms with van der Waals surface area (Å²) in [5.41, 5.74) is 8.67. The fourth-order valence-electron chi connectivity index (χ4n) is 2.14. The summed E-state index contributed by atoms with van der Waals surface area (Å²) in [6.07, 6.45) is 3.53. The minimum Gasteiger partial charge on any atom is -0.334 e. The highest BCUT2D eigenvalue weighted by Crippen LogP contribution is 2.24. The van der Waals surface area contributed by atoms with Gasteiger partial charge in [0.2, 0.25) is 0 Å². The zero-order valence-electron chi connectivity index (χ0n) is 11.5. The summed E-state index contributed by atoms with van der Waals surface area (Å²) in [5.74, 6) is 1.45. The molecule has 20 heavy (non-hydrogen) atoms. The Morgan fingerprint density at radius 2 is 2.10 bits per heavy atom. The molecule has 0 aliphatic rings. The van der Waals surface area contributed by atoms with Gasteiger partial charge in [0, 0.05) is 26.0 Å². The van der Waals surface area contributed by atoms with Crippen molar-refractivity contribution in [1.29, 1.82) is 0 Å². The number of fused-ring (bicyclic) bond motifs is 1. The number of hydrogen-bond acceptors (Lipinski definition) is 5. The molecule has 0 saturated heterocycles. The second-order valence-corrected chi connectivity index (χ2v) is 4.62. The van der Waals surface area contributed by atoms with Crippen LogP contribution < -0.4 is 10.6 Å². The van der Waals surface area contributed by atoms with Gasteiger partial charge in [-0.25, -0.2) is 15.0 Å². The molecule has 0 amide bonds. The summed E-state index contributed by atoms with van der Waals surface area (Å²) in [5, 5.41) is 0. The number of rotatable bonds is 3. The largest absolute Gasteiger partial charge is 0.334 e. The Balaban J connectivity index is 2.00. The van der Waals surface area contributed by atoms with Gasteiger partial charge in [-0.15, -0.1) is 0 Å². The molecule has 2 N–H and O–H groups in total. The number of imidazole rings is 1. The maximum atomic E-state index is 5.58. The molecule has 0 atom stereocenters. The van der Waals surface area contributed by atoms with E-state index in [-0.39, 0.29) is 0 Å². The van der Waals surface area contributed by atoms with E-state index in [1.54, 1.807) is 6.20 Å². The zero-order chi connectivity index (χ0) is 14.1. The molecule has 6 nitrogen and oxygen atoms in total. The second kappa shape index (κ2) is 4.90. The van der Waals surface area contributed by atoms with Gasteiger partial charge in [0.05, 0.1) is 23.9 Å². The van der Waals surface area contributed by atoms with E-state index in [1.165, 1.54) is 0 Å². The van der Waals surface area contributed by atoms with E-state index in [2.05, 4.69) is 21.0 Å². The number of nitrogens with zero attached hydrogens (tertiary/aromatic N) is 5. The Morgan fingerprint density at radius 3 is 2.90 bits per heavy atom. The Kier molecular flexibility index (Phi) is 3.08. The van der Waals surface area contributed by atoms with Gasteiger partial charge >= 0.3 is 0 Å². The third kappa shape index (κ3) is 2.10. The Morgan fingerprint density at radius 1 is 1.25 bits per heavy atom. The van der Waals surface area contributed by atoms with Crippen LogP contribution >= 0.6 is 0 Å². The van der Waals surface area contributed by atoms with E-state index in [9.17, 15) is 0 Å². The quantitative estimate of drug-likeness (QED) is 0.781. The van der Waals surface area contributed by atoms with Crippen LogP contribution in [0.15, 0.2) is 36.8 Å². The standard InChI is InChI=1S/C14H16N6/c1-19-9-17-11-7-10(3-4-12(11)19)20(2)14-5-6-16-13(8-15)18-14/h3-7,9H,8,15H2,1-2H3. The lowest BCUT2D eigenvalue weighted by molar-refractivity contribution is 0.899. The number of aromatic nitrogens is 4. The minimum absolute atomic E-state index is 0.334. The van der Waals surface area contributed by atoms with Gasteiger partial charge in [0.25, 0.3) is 0 Å². The maximum Gasteiger partial charge on any atom is 0.144 e. The normalized spacial score (nSPS) is 10.9. The Hall–Kier alpha value is -2.47. The molecular weight excluding hydrogens is 252 g/mol. The predicted molar refractivity (Wildman–Crippen MR) is 78.7 cm³/mol. The highest BCUT2D eigenvalue weighted by atomic mass is 15.2. The van der Waals surface area contributed by atoms with Crippen molar-refractivity contribution in [2.24, 2.45) is 12.8 Å². The number of anilines is 2. The summed E-state index contributed by atoms with van der Waals surface area (Å²) in [6.45, 7) is 0.334. The molecule has 0 saturated carbocycles. The van der Waals surface area contributed by atoms with E-state index in [0.29, 0.717) is 12.4 Å². The van der Waals surface area contributed by atoms with Gasteiger partial charge in [0.1, 0.15) is 11.6 Å². The number of aryl methyl sites for hydroxylation is 1. The maximum absolute atomic E-state index is 5.58. The second-order valence-electron chi connectivity index (χ2n) is 4.62. The van der Waals surface area contributed by atoms with Gasteiger partial charge in [-0.05, 0) is 24.3 Å². The first-order valence-electron chi connectivity index (χ1n) is 6.36. The fourth-order valence-corrected chi connectivity index (χ4v) is 2.14. The van der Waals surface area contributed by atoms with Crippen molar-refractivity contribution in [3.05, 3.63) is 42.6 Å². The zero-order valence-corrected chi connectivity index (χ0v) is 11.5. The van der Waals surface area contributed by atoms with Crippen molar-refractivity contribution in [3.8, 4) is 0 Å². The van der Waals surface area contributed by atoms with Crippen molar-refractivity contribution in [2.45, 2.75) is 6.54 Å². The van der Waals surface area contributed by atoms with Crippen LogP contribution in [-0.2, 0) is 13.6 Å². The molecule has 2 aromatic heterocycles. The average molecular weight is 268 g/mol. The first-order chi connectivity index (χ1) is 9.69. The van der Waals surface area contributed by atoms with Gasteiger partial charge in [-0.1, -0.05) is 0 Å². The monoisotopic (exact) mass is 268 g/mol. The van der Waals surface area contributed by atoms with Gasteiger partial charge < -0.3 is 15.2 Å². The van der Waals surface area contributed by atoms with Gasteiger partial charge in [-0.3, -0.25) is 0 Å². The molecule has 102 valence electrons. The van der Waals surface area contributed by atoms with Gasteiger partial charge in [0.15, 0.2) is 0 Å². The van der Waals surface area contributed by atoms with Crippen LogP contribution in [0.25, 0.3) is 11.0 Å². The molecule has 0 fully saturated rings. The smallest absolute Gasteiger partial charge is 0.144 e. The third-order valence-electron chi connectivity index (χ3n) is 3.31. The van der Waals surface area contributed by atoms with E-state index in [1.807, 2.05) is 48.1 Å². The van der Waals surface area contributed by atoms with Crippen LogP contribution in [0.1, 0.15) is 5.82 Å². The lowest BCUT2D eigenvalue weighted by atomic mass is 10.2. The van der Waals surface area contributed by atoms with Crippen LogP contribution in [0.4, 0.5) is 11.5 Å². The SMILES string of the molecule is CN(c1ccc2c(c1)ncn2C)c1ccnc(CN)n1. The van der Waals surface area contributed by atoms with Crippen LogP contribution in [0, 0.1) is 0 Å². The summed E-state index contributed by atoms with van der Waals surface area (Å²) < 4.78 is 2.00. The van der Waals surface area contributed by atoms with E-state index in [4.69, 9.17) is 5.73 Å². The van der Waals surface area contributed by atoms with Crippen molar-refractivity contribution in [1.82, 2.24) is 19.5 Å². The van der Waals surface area contributed by atoms with Crippen LogP contribution in [-0.4, -0.2) is 26.6 Å². The molecule has 0 spiro atoms. The molecule has 0 aliphatic carbocycles. The van der Waals surface area contributed by atoms with Crippen LogP contribution in [0.5, 0.6) is 0 Å². The van der Waals surface area contributed by atoms with Crippen molar-refractivity contribution in [3.63, 3.8) is 0 Å². The number of nitrogens with two attached hydrogens (primary N) is 1. The van der Waals surface area contributed by atoms with Gasteiger partial charge in [-0.2, -0.15) is 0 Å². The summed E-state index contributed by atoms with van der Waals surface area (Å²) in [6, 6.07) is 8.01. The summed E-state index contributed by atoms with van der Waals surface area (Å²) >= 11 is 0. The first kappa shape index (κ1) is 12.6. The molecule has 3 aromatic rings. The molecule has 0 bridgehead atoms. The lowest BCUT2D eigenvalue weighted by Gasteiger charge is -2.18. The van der Waals surface area contributed by atoms with E-state index < -0.39 is 0 Å². The molecule has 0 radical (unpaired) electrons. The number of benzene rings is 1. The summed E-state index contributed by atoms with van der Waals surface area (Å²) in [4.78, 5) is 14.9. The van der Waals surface area contributed by atoms with Crippen molar-refractivity contribution in [2.75, 3.05) is 11.9 Å². The summed E-state index contributed by atoms with van der Waals surface area (Å²) in [7, 11) is 3.95. The molecule has 3 rings (SSSR count). The molecular formula is C14H16N6. The van der Waals surface area contributed by atoms with Crippen LogP contribution in [0.2, 0.25) is 0 Å². The van der Waals surface area contributed by atoms with Crippen LogP contribution in [0.3, 0.4) is 0 Å². The predicted octanol–water partition coefficient (Wildman–Crippen LogP) is 1.59. The molecule has 0 unspecified atom stereocenters. The lowest BCUT2D eigenvalue weighted by Crippen LogP contribution is -2.13. The average Bonchev–Trinajstić information content (AvgIpc) is 2.87.